The summed E-state index contributed by atoms with van der Waals surface area (Å²) in [6.07, 6.45) is 4.20. The number of para-hydroxylation sites is 2. The van der Waals surface area contributed by atoms with Gasteiger partial charge < -0.3 is 14.6 Å². The fourth-order valence-electron chi connectivity index (χ4n) is 4.57. The maximum atomic E-state index is 11.0. The second kappa shape index (κ2) is 8.42. The largest absolute Gasteiger partial charge is 0.390 e. The van der Waals surface area contributed by atoms with Crippen LogP contribution in [0.4, 0.5) is 5.95 Å². The Morgan fingerprint density at radius 1 is 0.767 bits per heavy atom. The summed E-state index contributed by atoms with van der Waals surface area (Å²) in [5, 5.41) is 13.5. The molecular weight excluding hydrogens is 374 g/mol. The van der Waals surface area contributed by atoms with Gasteiger partial charge in [-0.2, -0.15) is 0 Å². The molecule has 2 aromatic carbocycles. The topological polar surface area (TPSA) is 57.4 Å². The number of fused-ring (bicyclic) bond motifs is 3. The molecule has 1 aliphatic heterocycles. The first-order chi connectivity index (χ1) is 14.8. The molecule has 5 rings (SSSR count). The van der Waals surface area contributed by atoms with Crippen LogP contribution in [0.15, 0.2) is 67.0 Å². The van der Waals surface area contributed by atoms with Crippen molar-refractivity contribution in [3.63, 3.8) is 0 Å². The molecule has 154 valence electrons. The van der Waals surface area contributed by atoms with E-state index in [-0.39, 0.29) is 0 Å². The van der Waals surface area contributed by atoms with E-state index >= 15 is 0 Å². The summed E-state index contributed by atoms with van der Waals surface area (Å²) in [5.41, 5.74) is 2.36. The molecule has 1 N–H and O–H groups in total. The van der Waals surface area contributed by atoms with Gasteiger partial charge in [0.05, 0.1) is 12.6 Å². The van der Waals surface area contributed by atoms with Gasteiger partial charge in [0.1, 0.15) is 0 Å². The number of aromatic nitrogens is 3. The average molecular weight is 402 g/mol. The van der Waals surface area contributed by atoms with Crippen LogP contribution < -0.4 is 4.90 Å². The van der Waals surface area contributed by atoms with E-state index in [2.05, 4.69) is 72.9 Å². The van der Waals surface area contributed by atoms with Crippen molar-refractivity contribution in [2.45, 2.75) is 19.1 Å². The van der Waals surface area contributed by atoms with Crippen LogP contribution in [0.5, 0.6) is 0 Å². The monoisotopic (exact) mass is 401 g/mol. The Morgan fingerprint density at radius 3 is 2.13 bits per heavy atom. The number of anilines is 1. The van der Waals surface area contributed by atoms with Crippen molar-refractivity contribution in [2.24, 2.45) is 0 Å². The van der Waals surface area contributed by atoms with E-state index in [4.69, 9.17) is 0 Å². The fourth-order valence-corrected chi connectivity index (χ4v) is 4.57. The van der Waals surface area contributed by atoms with Crippen molar-refractivity contribution < 1.29 is 5.11 Å². The van der Waals surface area contributed by atoms with E-state index in [1.165, 1.54) is 21.8 Å². The molecule has 0 bridgehead atoms. The molecule has 0 radical (unpaired) electrons. The van der Waals surface area contributed by atoms with Gasteiger partial charge in [0, 0.05) is 60.4 Å². The third-order valence-electron chi connectivity index (χ3n) is 5.97. The Labute approximate surface area is 176 Å². The number of aliphatic hydroxyl groups excluding tert-OH is 1. The smallest absolute Gasteiger partial charge is 0.225 e. The minimum absolute atomic E-state index is 0.427. The van der Waals surface area contributed by atoms with Crippen LogP contribution >= 0.6 is 0 Å². The molecule has 1 fully saturated rings. The van der Waals surface area contributed by atoms with Gasteiger partial charge in [-0.1, -0.05) is 36.4 Å². The Bertz CT molecular complexity index is 1070. The average Bonchev–Trinajstić information content (AvgIpc) is 2.93. The molecule has 1 saturated heterocycles. The van der Waals surface area contributed by atoms with Crippen LogP contribution in [0.25, 0.3) is 21.8 Å². The Morgan fingerprint density at radius 2 is 1.43 bits per heavy atom. The highest BCUT2D eigenvalue weighted by atomic mass is 16.3. The number of hydrogen-bond donors (Lipinski definition) is 1. The summed E-state index contributed by atoms with van der Waals surface area (Å²) < 4.78 is 2.26. The lowest BCUT2D eigenvalue weighted by molar-refractivity contribution is 0.103. The SMILES string of the molecule is O[C@@H](CN1CCCN(c2ncccn2)CC1)Cn1c2ccccc2c2ccccc21. The van der Waals surface area contributed by atoms with Gasteiger partial charge in [-0.25, -0.2) is 9.97 Å². The molecule has 6 heteroatoms. The zero-order valence-corrected chi connectivity index (χ0v) is 17.1. The number of hydrogen-bond acceptors (Lipinski definition) is 5. The zero-order chi connectivity index (χ0) is 20.3. The maximum Gasteiger partial charge on any atom is 0.225 e. The molecule has 3 heterocycles. The standard InChI is InChI=1S/C24H27N5O/c30-19(17-27-13-6-14-28(16-15-27)24-25-11-5-12-26-24)18-29-22-9-3-1-7-20(22)21-8-2-4-10-23(21)29/h1-5,7-12,19,30H,6,13-18H2/t19-/m0/s1. The second-order valence-electron chi connectivity index (χ2n) is 7.99. The number of rotatable bonds is 5. The highest BCUT2D eigenvalue weighted by molar-refractivity contribution is 6.07. The van der Waals surface area contributed by atoms with Gasteiger partial charge >= 0.3 is 0 Å². The van der Waals surface area contributed by atoms with Gasteiger partial charge in [-0.05, 0) is 31.2 Å². The van der Waals surface area contributed by atoms with Gasteiger partial charge in [0.25, 0.3) is 0 Å². The predicted molar refractivity (Wildman–Crippen MR) is 121 cm³/mol. The molecule has 0 amide bonds. The minimum Gasteiger partial charge on any atom is -0.390 e. The second-order valence-corrected chi connectivity index (χ2v) is 7.99. The van der Waals surface area contributed by atoms with Crippen LogP contribution in [0, 0.1) is 0 Å². The normalized spacial score (nSPS) is 16.8. The maximum absolute atomic E-state index is 11.0. The molecule has 0 unspecified atom stereocenters. The van der Waals surface area contributed by atoms with Crippen LogP contribution in [-0.2, 0) is 6.54 Å². The Balaban J connectivity index is 1.29. The van der Waals surface area contributed by atoms with E-state index < -0.39 is 6.10 Å². The van der Waals surface area contributed by atoms with Crippen molar-refractivity contribution in [2.75, 3.05) is 37.6 Å². The molecular formula is C24H27N5O. The Kier molecular flexibility index (Phi) is 5.34. The quantitative estimate of drug-likeness (QED) is 0.557. The van der Waals surface area contributed by atoms with Gasteiger partial charge in [-0.3, -0.25) is 4.90 Å². The first kappa shape index (κ1) is 19.0. The van der Waals surface area contributed by atoms with Crippen molar-refractivity contribution in [3.8, 4) is 0 Å². The van der Waals surface area contributed by atoms with Crippen molar-refractivity contribution in [1.82, 2.24) is 19.4 Å². The summed E-state index contributed by atoms with van der Waals surface area (Å²) in [4.78, 5) is 13.4. The summed E-state index contributed by atoms with van der Waals surface area (Å²) in [6, 6.07) is 18.8. The lowest BCUT2D eigenvalue weighted by atomic mass is 10.2. The van der Waals surface area contributed by atoms with Crippen LogP contribution in [-0.4, -0.2) is 63.4 Å². The number of benzene rings is 2. The molecule has 6 nitrogen and oxygen atoms in total. The van der Waals surface area contributed by atoms with Crippen LogP contribution in [0.1, 0.15) is 6.42 Å². The number of nitrogens with zero attached hydrogens (tertiary/aromatic N) is 5. The van der Waals surface area contributed by atoms with Crippen LogP contribution in [0.2, 0.25) is 0 Å². The van der Waals surface area contributed by atoms with Crippen molar-refractivity contribution in [3.05, 3.63) is 67.0 Å². The van der Waals surface area contributed by atoms with Crippen molar-refractivity contribution in [1.29, 1.82) is 0 Å². The lowest BCUT2D eigenvalue weighted by Gasteiger charge is -2.24. The molecule has 0 saturated carbocycles. The summed E-state index contributed by atoms with van der Waals surface area (Å²) >= 11 is 0. The third-order valence-corrected chi connectivity index (χ3v) is 5.97. The van der Waals surface area contributed by atoms with E-state index in [9.17, 15) is 5.11 Å². The zero-order valence-electron chi connectivity index (χ0n) is 17.1. The molecule has 0 aliphatic carbocycles. The van der Waals surface area contributed by atoms with Crippen molar-refractivity contribution >= 4 is 27.8 Å². The minimum atomic E-state index is -0.427. The Hall–Kier alpha value is -2.96. The summed E-state index contributed by atoms with van der Waals surface area (Å²) in [5.74, 6) is 0.796. The highest BCUT2D eigenvalue weighted by Gasteiger charge is 2.20. The molecule has 0 spiro atoms. The van der Waals surface area contributed by atoms with E-state index in [0.717, 1.165) is 38.5 Å². The van der Waals surface area contributed by atoms with Gasteiger partial charge in [-0.15, -0.1) is 0 Å². The number of β-amino-alcohol motifs (C(OH)–C–C–N with tert-alkyl or cyclic N) is 1. The van der Waals surface area contributed by atoms with Gasteiger partial charge in [0.2, 0.25) is 5.95 Å². The lowest BCUT2D eigenvalue weighted by Crippen LogP contribution is -2.37. The molecule has 4 aromatic rings. The molecule has 1 atom stereocenters. The number of aliphatic hydroxyl groups is 1. The summed E-state index contributed by atoms with van der Waals surface area (Å²) in [6.45, 7) is 4.98. The predicted octanol–water partition coefficient (Wildman–Crippen LogP) is 3.16. The fraction of sp³-hybridized carbons (Fsp3) is 0.333. The first-order valence-electron chi connectivity index (χ1n) is 10.7. The van der Waals surface area contributed by atoms with E-state index in [1.807, 2.05) is 6.07 Å². The molecule has 30 heavy (non-hydrogen) atoms. The van der Waals surface area contributed by atoms with E-state index in [1.54, 1.807) is 12.4 Å². The van der Waals surface area contributed by atoms with Crippen LogP contribution in [0.3, 0.4) is 0 Å². The third kappa shape index (κ3) is 3.76. The highest BCUT2D eigenvalue weighted by Crippen LogP contribution is 2.29. The summed E-state index contributed by atoms with van der Waals surface area (Å²) in [7, 11) is 0. The first-order valence-corrected chi connectivity index (χ1v) is 10.7. The molecule has 2 aromatic heterocycles. The molecule has 1 aliphatic rings. The van der Waals surface area contributed by atoms with E-state index in [0.29, 0.717) is 13.1 Å². The van der Waals surface area contributed by atoms with Gasteiger partial charge in [0.15, 0.2) is 0 Å².